The van der Waals surface area contributed by atoms with Crippen LogP contribution >= 0.6 is 27.5 Å². The molecule has 5 heteroatoms. The lowest BCUT2D eigenvalue weighted by atomic mass is 9.89. The van der Waals surface area contributed by atoms with E-state index in [2.05, 4.69) is 28.2 Å². The monoisotopic (exact) mass is 375 g/mol. The second kappa shape index (κ2) is 8.37. The Kier molecular flexibility index (Phi) is 6.80. The number of nitrogens with one attached hydrogen (secondary N) is 1. The van der Waals surface area contributed by atoms with Gasteiger partial charge in [-0.1, -0.05) is 47.3 Å². The van der Waals surface area contributed by atoms with E-state index < -0.39 is 6.10 Å². The second-order valence-corrected chi connectivity index (χ2v) is 7.21. The quantitative estimate of drug-likeness (QED) is 0.769. The highest BCUT2D eigenvalue weighted by Gasteiger charge is 2.20. The van der Waals surface area contributed by atoms with Crippen LogP contribution in [0, 0.1) is 5.92 Å². The number of hydrogen-bond donors (Lipinski definition) is 2. The van der Waals surface area contributed by atoms with Crippen molar-refractivity contribution in [3.05, 3.63) is 27.7 Å². The van der Waals surface area contributed by atoms with Crippen LogP contribution in [-0.4, -0.2) is 30.5 Å². The van der Waals surface area contributed by atoms with E-state index >= 15 is 0 Å². The molecule has 1 saturated carbocycles. The molecule has 0 bridgehead atoms. The fourth-order valence-corrected chi connectivity index (χ4v) is 3.44. The molecule has 0 amide bonds. The maximum atomic E-state index is 10.0. The van der Waals surface area contributed by atoms with E-state index in [0.717, 1.165) is 28.9 Å². The molecule has 1 aliphatic carbocycles. The molecule has 2 N–H and O–H groups in total. The molecular formula is C16H23BrClNO2. The number of benzene rings is 1. The van der Waals surface area contributed by atoms with Crippen molar-refractivity contribution in [1.82, 2.24) is 0 Å². The zero-order valence-electron chi connectivity index (χ0n) is 12.3. The smallest absolute Gasteiger partial charge is 0.0945 e. The molecule has 1 aromatic carbocycles. The van der Waals surface area contributed by atoms with Gasteiger partial charge in [0.1, 0.15) is 0 Å². The van der Waals surface area contributed by atoms with Crippen LogP contribution in [0.3, 0.4) is 0 Å². The lowest BCUT2D eigenvalue weighted by Gasteiger charge is -2.27. The minimum Gasteiger partial charge on any atom is -0.389 e. The van der Waals surface area contributed by atoms with Gasteiger partial charge in [0.05, 0.1) is 29.5 Å². The van der Waals surface area contributed by atoms with Gasteiger partial charge in [-0.05, 0) is 37.0 Å². The lowest BCUT2D eigenvalue weighted by Crippen LogP contribution is -2.30. The Bertz CT molecular complexity index is 458. The van der Waals surface area contributed by atoms with E-state index in [9.17, 15) is 5.11 Å². The Labute approximate surface area is 140 Å². The minimum absolute atomic E-state index is 0.305. The first-order valence-corrected chi connectivity index (χ1v) is 8.70. The third-order valence-corrected chi connectivity index (χ3v) is 4.68. The summed E-state index contributed by atoms with van der Waals surface area (Å²) in [5.41, 5.74) is 0.824. The van der Waals surface area contributed by atoms with E-state index in [1.54, 1.807) is 0 Å². The highest BCUT2D eigenvalue weighted by molar-refractivity contribution is 9.10. The van der Waals surface area contributed by atoms with Gasteiger partial charge in [0, 0.05) is 11.0 Å². The van der Waals surface area contributed by atoms with Crippen LogP contribution in [0.25, 0.3) is 0 Å². The number of halogens is 2. The van der Waals surface area contributed by atoms with Crippen LogP contribution in [0.5, 0.6) is 0 Å². The molecule has 1 fully saturated rings. The largest absolute Gasteiger partial charge is 0.389 e. The topological polar surface area (TPSA) is 41.5 Å². The maximum Gasteiger partial charge on any atom is 0.0945 e. The molecule has 0 radical (unpaired) electrons. The number of ether oxygens (including phenoxy) is 1. The van der Waals surface area contributed by atoms with Gasteiger partial charge in [-0.3, -0.25) is 0 Å². The van der Waals surface area contributed by atoms with Crippen molar-refractivity contribution in [1.29, 1.82) is 0 Å². The predicted octanol–water partition coefficient (Wildman–Crippen LogP) is 4.47. The third kappa shape index (κ3) is 5.78. The molecule has 0 heterocycles. The summed E-state index contributed by atoms with van der Waals surface area (Å²) in [5, 5.41) is 13.8. The summed E-state index contributed by atoms with van der Waals surface area (Å²) in [6.07, 6.45) is 4.53. The van der Waals surface area contributed by atoms with Crippen LogP contribution < -0.4 is 5.32 Å². The van der Waals surface area contributed by atoms with Gasteiger partial charge >= 0.3 is 0 Å². The molecule has 3 unspecified atom stereocenters. The first-order valence-electron chi connectivity index (χ1n) is 7.53. The summed E-state index contributed by atoms with van der Waals surface area (Å²) in [6.45, 7) is 3.07. The average Bonchev–Trinajstić information content (AvgIpc) is 2.44. The predicted molar refractivity (Wildman–Crippen MR) is 91.0 cm³/mol. The average molecular weight is 377 g/mol. The van der Waals surface area contributed by atoms with Crippen LogP contribution in [-0.2, 0) is 4.74 Å². The van der Waals surface area contributed by atoms with Crippen LogP contribution in [0.2, 0.25) is 5.02 Å². The SMILES string of the molecule is CC1CCCC(OCC(O)CNc2ccc(Br)cc2Cl)C1. The van der Waals surface area contributed by atoms with E-state index in [4.69, 9.17) is 16.3 Å². The third-order valence-electron chi connectivity index (χ3n) is 3.87. The van der Waals surface area contributed by atoms with Gasteiger partial charge in [-0.15, -0.1) is 0 Å². The molecule has 0 aliphatic heterocycles. The van der Waals surface area contributed by atoms with E-state index in [1.807, 2.05) is 18.2 Å². The molecule has 1 aromatic rings. The Morgan fingerprint density at radius 1 is 1.48 bits per heavy atom. The molecule has 3 atom stereocenters. The first-order chi connectivity index (χ1) is 10.0. The zero-order chi connectivity index (χ0) is 15.2. The summed E-state index contributed by atoms with van der Waals surface area (Å²) in [5.74, 6) is 0.737. The summed E-state index contributed by atoms with van der Waals surface area (Å²) in [4.78, 5) is 0. The highest BCUT2D eigenvalue weighted by Crippen LogP contribution is 2.26. The molecule has 118 valence electrons. The number of aliphatic hydroxyl groups is 1. The van der Waals surface area contributed by atoms with Gasteiger partial charge < -0.3 is 15.2 Å². The van der Waals surface area contributed by atoms with Gasteiger partial charge in [0.2, 0.25) is 0 Å². The lowest BCUT2D eigenvalue weighted by molar-refractivity contribution is -0.0274. The van der Waals surface area contributed by atoms with Crippen LogP contribution in [0.1, 0.15) is 32.6 Å². The van der Waals surface area contributed by atoms with Crippen molar-refractivity contribution >= 4 is 33.2 Å². The van der Waals surface area contributed by atoms with Gasteiger partial charge in [-0.2, -0.15) is 0 Å². The molecule has 0 aromatic heterocycles. The van der Waals surface area contributed by atoms with Gasteiger partial charge in [-0.25, -0.2) is 0 Å². The fraction of sp³-hybridized carbons (Fsp3) is 0.625. The Morgan fingerprint density at radius 2 is 2.29 bits per heavy atom. The summed E-state index contributed by atoms with van der Waals surface area (Å²) < 4.78 is 6.76. The Hall–Kier alpha value is -0.290. The van der Waals surface area contributed by atoms with Crippen LogP contribution in [0.15, 0.2) is 22.7 Å². The summed E-state index contributed by atoms with van der Waals surface area (Å²) in [7, 11) is 0. The van der Waals surface area contributed by atoms with E-state index in [1.165, 1.54) is 12.8 Å². The van der Waals surface area contributed by atoms with Crippen molar-refractivity contribution in [3.8, 4) is 0 Å². The zero-order valence-corrected chi connectivity index (χ0v) is 14.7. The van der Waals surface area contributed by atoms with Crippen molar-refractivity contribution in [3.63, 3.8) is 0 Å². The highest BCUT2D eigenvalue weighted by atomic mass is 79.9. The van der Waals surface area contributed by atoms with Gasteiger partial charge in [0.25, 0.3) is 0 Å². The standard InChI is InChI=1S/C16H23BrClNO2/c1-11-3-2-4-14(7-11)21-10-13(20)9-19-16-6-5-12(17)8-15(16)18/h5-6,8,11,13-14,19-20H,2-4,7,9-10H2,1H3. The normalized spacial score (nSPS) is 23.8. The molecule has 0 saturated heterocycles. The molecule has 2 rings (SSSR count). The van der Waals surface area contributed by atoms with Crippen molar-refractivity contribution in [2.45, 2.75) is 44.8 Å². The van der Waals surface area contributed by atoms with E-state index in [0.29, 0.717) is 24.3 Å². The van der Waals surface area contributed by atoms with Crippen molar-refractivity contribution in [2.24, 2.45) is 5.92 Å². The first kappa shape index (κ1) is 17.1. The summed E-state index contributed by atoms with van der Waals surface area (Å²) >= 11 is 9.49. The molecular weight excluding hydrogens is 354 g/mol. The van der Waals surface area contributed by atoms with Crippen molar-refractivity contribution < 1.29 is 9.84 Å². The number of anilines is 1. The summed E-state index contributed by atoms with van der Waals surface area (Å²) in [6, 6.07) is 5.64. The maximum absolute atomic E-state index is 10.0. The van der Waals surface area contributed by atoms with E-state index in [-0.39, 0.29) is 0 Å². The molecule has 3 nitrogen and oxygen atoms in total. The van der Waals surface area contributed by atoms with Crippen molar-refractivity contribution in [2.75, 3.05) is 18.5 Å². The fourth-order valence-electron chi connectivity index (χ4n) is 2.70. The minimum atomic E-state index is -0.526. The van der Waals surface area contributed by atoms with Crippen LogP contribution in [0.4, 0.5) is 5.69 Å². The second-order valence-electron chi connectivity index (χ2n) is 5.89. The number of rotatable bonds is 6. The molecule has 0 spiro atoms. The Balaban J connectivity index is 1.70. The number of aliphatic hydroxyl groups excluding tert-OH is 1. The molecule has 21 heavy (non-hydrogen) atoms. The molecule has 1 aliphatic rings. The number of hydrogen-bond acceptors (Lipinski definition) is 3. The Morgan fingerprint density at radius 3 is 3.00 bits per heavy atom. The van der Waals surface area contributed by atoms with Gasteiger partial charge in [0.15, 0.2) is 0 Å².